The molecule has 2 aromatic rings. The van der Waals surface area contributed by atoms with Gasteiger partial charge in [-0.25, -0.2) is 0 Å². The summed E-state index contributed by atoms with van der Waals surface area (Å²) in [4.78, 5) is 55.2. The topological polar surface area (TPSA) is 208 Å². The van der Waals surface area contributed by atoms with Crippen molar-refractivity contribution in [2.75, 3.05) is 33.1 Å². The number of fused-ring (bicyclic) bond motifs is 3. The van der Waals surface area contributed by atoms with Gasteiger partial charge in [0.15, 0.2) is 11.4 Å². The first-order valence-electron chi connectivity index (χ1n) is 13.3. The minimum Gasteiger partial charge on any atom is -0.508 e. The number of rotatable bonds is 7. The molecule has 0 radical (unpaired) electrons. The molecular formula is C29H32N4O9. The highest BCUT2D eigenvalue weighted by Crippen LogP contribution is 2.54. The van der Waals surface area contributed by atoms with Gasteiger partial charge in [-0.1, -0.05) is 5.16 Å². The Balaban J connectivity index is 1.65. The Hall–Kier alpha value is -4.49. The van der Waals surface area contributed by atoms with Crippen LogP contribution in [0.2, 0.25) is 0 Å². The van der Waals surface area contributed by atoms with Crippen LogP contribution in [0.25, 0.3) is 5.76 Å². The average Bonchev–Trinajstić information content (AvgIpc) is 3.45. The molecule has 0 aliphatic heterocycles. The number of hydrogen-bond acceptors (Lipinski definition) is 12. The molecule has 1 saturated carbocycles. The Morgan fingerprint density at radius 2 is 1.86 bits per heavy atom. The Morgan fingerprint density at radius 3 is 2.43 bits per heavy atom. The lowest BCUT2D eigenvalue weighted by molar-refractivity contribution is -0.153. The molecular weight excluding hydrogens is 548 g/mol. The van der Waals surface area contributed by atoms with E-state index in [1.807, 2.05) is 0 Å². The van der Waals surface area contributed by atoms with Crippen molar-refractivity contribution in [3.05, 3.63) is 57.7 Å². The summed E-state index contributed by atoms with van der Waals surface area (Å²) < 4.78 is 4.91. The van der Waals surface area contributed by atoms with E-state index in [0.29, 0.717) is 16.8 Å². The van der Waals surface area contributed by atoms with Crippen molar-refractivity contribution < 1.29 is 44.1 Å². The molecule has 1 aromatic heterocycles. The number of nitrogens with two attached hydrogens (primary N) is 1. The third kappa shape index (κ3) is 4.10. The van der Waals surface area contributed by atoms with Gasteiger partial charge in [-0.2, -0.15) is 0 Å². The molecule has 1 unspecified atom stereocenters. The Kier molecular flexibility index (Phi) is 6.98. The summed E-state index contributed by atoms with van der Waals surface area (Å²) in [5.41, 5.74) is 3.01. The van der Waals surface area contributed by atoms with Crippen LogP contribution >= 0.6 is 0 Å². The summed E-state index contributed by atoms with van der Waals surface area (Å²) in [7, 11) is 6.63. The van der Waals surface area contributed by atoms with Gasteiger partial charge in [-0.05, 0) is 56.5 Å². The molecule has 1 aromatic carbocycles. The zero-order chi connectivity index (χ0) is 30.8. The maximum atomic E-state index is 14.1. The fraction of sp³-hybridized carbons (Fsp3) is 0.414. The number of Topliss-reactive ketones (excluding diaryl/α,β-unsaturated/α-hetero) is 3. The molecule has 42 heavy (non-hydrogen) atoms. The van der Waals surface area contributed by atoms with Crippen molar-refractivity contribution in [3.63, 3.8) is 0 Å². The molecule has 13 nitrogen and oxygen atoms in total. The number of aromatic hydroxyl groups is 1. The van der Waals surface area contributed by atoms with Gasteiger partial charge in [0.2, 0.25) is 17.3 Å². The van der Waals surface area contributed by atoms with Crippen LogP contribution in [-0.4, -0.2) is 93.6 Å². The summed E-state index contributed by atoms with van der Waals surface area (Å²) >= 11 is 0. The lowest BCUT2D eigenvalue weighted by Crippen LogP contribution is -2.65. The maximum Gasteiger partial charge on any atom is 0.255 e. The van der Waals surface area contributed by atoms with E-state index < -0.39 is 58.0 Å². The van der Waals surface area contributed by atoms with E-state index in [4.69, 9.17) is 10.3 Å². The zero-order valence-electron chi connectivity index (χ0n) is 23.5. The zero-order valence-corrected chi connectivity index (χ0v) is 23.5. The van der Waals surface area contributed by atoms with E-state index in [1.165, 1.54) is 17.2 Å². The number of aromatic nitrogens is 1. The largest absolute Gasteiger partial charge is 0.508 e. The van der Waals surface area contributed by atoms with Crippen LogP contribution < -0.4 is 10.6 Å². The van der Waals surface area contributed by atoms with Gasteiger partial charge >= 0.3 is 0 Å². The monoisotopic (exact) mass is 580 g/mol. The Morgan fingerprint density at radius 1 is 1.17 bits per heavy atom. The first-order valence-corrected chi connectivity index (χ1v) is 13.3. The van der Waals surface area contributed by atoms with E-state index in [1.54, 1.807) is 39.2 Å². The van der Waals surface area contributed by atoms with Crippen LogP contribution in [0.4, 0.5) is 5.69 Å². The third-order valence-electron chi connectivity index (χ3n) is 8.59. The summed E-state index contributed by atoms with van der Waals surface area (Å²) in [6.45, 7) is 0. The first kappa shape index (κ1) is 29.0. The number of amides is 1. The highest BCUT2D eigenvalue weighted by molar-refractivity contribution is 6.24. The highest BCUT2D eigenvalue weighted by Gasteiger charge is 2.64. The molecule has 4 atom stereocenters. The summed E-state index contributed by atoms with van der Waals surface area (Å²) in [6, 6.07) is 1.98. The molecule has 1 amide bonds. The number of hydrogen-bond donors (Lipinski definition) is 5. The standard InChI is InChI=1S/C29H32N4O9/c1-32(2)16-11-12(5-6-17(34)18-7-8-31-42-18)23(35)20-14(16)9-13-10-15-22(33(3)4)25(37)21(28(30)40)27(39)29(15,41)26(38)19(13)24(20)36/h7-8,11,13,15,22,35-36,39,41H,5-6,9-10H2,1-4H3,(H2,30,40)/t13-,15-,22?,29-/m0/s1. The van der Waals surface area contributed by atoms with Gasteiger partial charge in [-0.15, -0.1) is 0 Å². The molecule has 3 aliphatic rings. The second-order valence-corrected chi connectivity index (χ2v) is 11.4. The quantitative estimate of drug-likeness (QED) is 0.228. The number of aliphatic hydroxyl groups is 3. The first-order chi connectivity index (χ1) is 19.7. The Bertz CT molecular complexity index is 1590. The normalized spacial score (nSPS) is 25.3. The van der Waals surface area contributed by atoms with Crippen LogP contribution in [0.15, 0.2) is 39.8 Å². The molecule has 0 bridgehead atoms. The molecule has 3 aliphatic carbocycles. The SMILES string of the molecule is CN(C)c1cc(CCC(=O)c2ccno2)c(O)c2c1C[C@H]1C[C@H]3C(N(C)C)C(=O)C(C(N)=O)=C(O)[C@@]3(O)C(=O)C1=C2O. The van der Waals surface area contributed by atoms with Crippen LogP contribution in [-0.2, 0) is 27.2 Å². The number of likely N-dealkylation sites (N-methyl/N-ethyl adjacent to an activating group) is 1. The fourth-order valence-corrected chi connectivity index (χ4v) is 6.67. The third-order valence-corrected chi connectivity index (χ3v) is 8.59. The van der Waals surface area contributed by atoms with Gasteiger partial charge in [0.25, 0.3) is 5.91 Å². The van der Waals surface area contributed by atoms with E-state index in [0.717, 1.165) is 0 Å². The molecule has 1 fully saturated rings. The number of carbonyl (C=O) groups excluding carboxylic acids is 4. The predicted molar refractivity (Wildman–Crippen MR) is 148 cm³/mol. The second-order valence-electron chi connectivity index (χ2n) is 11.4. The summed E-state index contributed by atoms with van der Waals surface area (Å²) in [6.07, 6.45) is 1.53. The van der Waals surface area contributed by atoms with E-state index in [-0.39, 0.29) is 54.1 Å². The highest BCUT2D eigenvalue weighted by atomic mass is 16.5. The van der Waals surface area contributed by atoms with Gasteiger partial charge in [-0.3, -0.25) is 24.1 Å². The number of carbonyl (C=O) groups is 4. The number of primary amides is 1. The number of phenolic OH excluding ortho intramolecular Hbond substituents is 1. The smallest absolute Gasteiger partial charge is 0.255 e. The van der Waals surface area contributed by atoms with E-state index >= 15 is 0 Å². The molecule has 1 heterocycles. The number of aliphatic hydroxyl groups excluding tert-OH is 2. The molecule has 222 valence electrons. The number of benzene rings is 1. The molecule has 5 rings (SSSR count). The summed E-state index contributed by atoms with van der Waals surface area (Å²) in [5, 5.41) is 49.2. The summed E-state index contributed by atoms with van der Waals surface area (Å²) in [5.74, 6) is -7.38. The number of phenols is 1. The van der Waals surface area contributed by atoms with Crippen molar-refractivity contribution in [3.8, 4) is 5.75 Å². The van der Waals surface area contributed by atoms with Crippen molar-refractivity contribution in [1.82, 2.24) is 10.1 Å². The molecule has 0 saturated heterocycles. The average molecular weight is 581 g/mol. The van der Waals surface area contributed by atoms with Gasteiger partial charge < -0.3 is 35.6 Å². The molecule has 13 heteroatoms. The minimum absolute atomic E-state index is 0.00711. The number of nitrogens with zero attached hydrogens (tertiary/aromatic N) is 3. The lowest BCUT2D eigenvalue weighted by Gasteiger charge is -2.50. The Labute approximate surface area is 240 Å². The maximum absolute atomic E-state index is 14.1. The van der Waals surface area contributed by atoms with Gasteiger partial charge in [0.05, 0.1) is 17.8 Å². The molecule has 6 N–H and O–H groups in total. The fourth-order valence-electron chi connectivity index (χ4n) is 6.67. The predicted octanol–water partition coefficient (Wildman–Crippen LogP) is 0.834. The molecule has 0 spiro atoms. The van der Waals surface area contributed by atoms with Gasteiger partial charge in [0, 0.05) is 43.8 Å². The van der Waals surface area contributed by atoms with Crippen LogP contribution in [0.1, 0.15) is 40.1 Å². The number of ketones is 3. The van der Waals surface area contributed by atoms with Gasteiger partial charge in [0.1, 0.15) is 22.8 Å². The van der Waals surface area contributed by atoms with Crippen molar-refractivity contribution in [2.24, 2.45) is 17.6 Å². The second kappa shape index (κ2) is 10.1. The number of aryl methyl sites for hydroxylation is 1. The van der Waals surface area contributed by atoms with Crippen molar-refractivity contribution in [1.29, 1.82) is 0 Å². The lowest BCUT2D eigenvalue weighted by atomic mass is 9.57. The minimum atomic E-state index is -2.72. The van der Waals surface area contributed by atoms with E-state index in [9.17, 15) is 39.6 Å². The number of anilines is 1. The van der Waals surface area contributed by atoms with E-state index in [2.05, 4.69) is 5.16 Å². The van der Waals surface area contributed by atoms with Crippen LogP contribution in [0.3, 0.4) is 0 Å². The van der Waals surface area contributed by atoms with Crippen molar-refractivity contribution >= 4 is 34.7 Å². The van der Waals surface area contributed by atoms with Crippen LogP contribution in [0.5, 0.6) is 5.75 Å². The van der Waals surface area contributed by atoms with Crippen molar-refractivity contribution in [2.45, 2.75) is 37.3 Å². The van der Waals surface area contributed by atoms with Crippen LogP contribution in [0, 0.1) is 11.8 Å².